The van der Waals surface area contributed by atoms with E-state index in [0.717, 1.165) is 38.5 Å². The number of nitrogens with zero attached hydrogens (tertiary/aromatic N) is 1. The third-order valence-corrected chi connectivity index (χ3v) is 9.28. The van der Waals surface area contributed by atoms with Crippen molar-refractivity contribution in [1.29, 1.82) is 0 Å². The lowest BCUT2D eigenvalue weighted by atomic mass is 9.85. The summed E-state index contributed by atoms with van der Waals surface area (Å²) in [5, 5.41) is 7.93. The molecule has 4 fully saturated rings. The number of amides is 5. The van der Waals surface area contributed by atoms with Crippen LogP contribution in [0, 0.1) is 28.6 Å². The van der Waals surface area contributed by atoms with Crippen LogP contribution in [-0.4, -0.2) is 77.7 Å². The van der Waals surface area contributed by atoms with Gasteiger partial charge in [-0.05, 0) is 60.7 Å². The van der Waals surface area contributed by atoms with E-state index in [1.165, 1.54) is 4.90 Å². The summed E-state index contributed by atoms with van der Waals surface area (Å²) < 4.78 is 5.38. The number of primary amides is 1. The van der Waals surface area contributed by atoms with E-state index in [-0.39, 0.29) is 35.8 Å². The van der Waals surface area contributed by atoms with Crippen LogP contribution >= 0.6 is 0 Å². The first kappa shape index (κ1) is 30.8. The van der Waals surface area contributed by atoms with Gasteiger partial charge in [0.25, 0.3) is 5.91 Å². The summed E-state index contributed by atoms with van der Waals surface area (Å²) in [5.41, 5.74) is 4.35. The highest BCUT2D eigenvalue weighted by Gasteiger charge is 2.70. The zero-order chi connectivity index (χ0) is 30.3. The minimum absolute atomic E-state index is 0.0794. The zero-order valence-corrected chi connectivity index (χ0v) is 24.8. The number of likely N-dealkylation sites (tertiary alicyclic amines) is 1. The number of carbonyl (C=O) groups excluding carboxylic acids is 6. The second kappa shape index (κ2) is 11.6. The van der Waals surface area contributed by atoms with Gasteiger partial charge in [-0.25, -0.2) is 4.79 Å². The highest BCUT2D eigenvalue weighted by atomic mass is 16.5. The summed E-state index contributed by atoms with van der Waals surface area (Å²) in [4.78, 5) is 78.2. The quantitative estimate of drug-likeness (QED) is 0.210. The number of esters is 1. The molecule has 0 spiro atoms. The number of ether oxygens (including phenoxy) is 1. The molecule has 228 valence electrons. The van der Waals surface area contributed by atoms with Crippen molar-refractivity contribution in [3.63, 3.8) is 0 Å². The van der Waals surface area contributed by atoms with Crippen LogP contribution in [0.2, 0.25) is 0 Å². The van der Waals surface area contributed by atoms with Gasteiger partial charge < -0.3 is 31.3 Å². The second-order valence-electron chi connectivity index (χ2n) is 13.9. The number of hydrogen-bond donors (Lipinski definition) is 4. The lowest BCUT2D eigenvalue weighted by Crippen LogP contribution is -2.61. The molecule has 3 aliphatic carbocycles. The first-order chi connectivity index (χ1) is 19.1. The average molecular weight is 576 g/mol. The molecule has 5 atom stereocenters. The Kier molecular flexibility index (Phi) is 8.71. The molecule has 4 rings (SSSR count). The molecule has 0 aromatic rings. The van der Waals surface area contributed by atoms with Gasteiger partial charge in [0.15, 0.2) is 0 Å². The smallest absolute Gasteiger partial charge is 0.325 e. The number of urea groups is 1. The van der Waals surface area contributed by atoms with Crippen molar-refractivity contribution >= 4 is 35.5 Å². The number of carbonyl (C=O) groups is 6. The maximum atomic E-state index is 14.0. The standard InChI is InChI=1S/C29H45N5O7/c1-28(2,3)23(33-27(40)31-13-19(35)41-16-8-6-7-9-16)26(39)34-14-17-20(29(17,4)5)21(34)25(38)32-18(12-15-10-11-15)22(36)24(30)37/h15-18,20-21,23H,6-14H2,1-5H3,(H2,30,37)(H,32,38)(H2,31,33,40)/t17-,18?,20-,21-,23+/m0/s1. The van der Waals surface area contributed by atoms with E-state index < -0.39 is 59.0 Å². The van der Waals surface area contributed by atoms with E-state index >= 15 is 0 Å². The number of nitrogens with one attached hydrogen (secondary N) is 3. The fraction of sp³-hybridized carbons (Fsp3) is 0.793. The molecule has 1 heterocycles. The molecule has 5 amide bonds. The third-order valence-electron chi connectivity index (χ3n) is 9.28. The van der Waals surface area contributed by atoms with Crippen LogP contribution in [0.4, 0.5) is 4.79 Å². The molecule has 1 saturated heterocycles. The highest BCUT2D eigenvalue weighted by Crippen LogP contribution is 2.65. The van der Waals surface area contributed by atoms with Gasteiger partial charge in [-0.3, -0.25) is 24.0 Å². The van der Waals surface area contributed by atoms with Crippen LogP contribution in [-0.2, 0) is 28.7 Å². The molecule has 41 heavy (non-hydrogen) atoms. The van der Waals surface area contributed by atoms with E-state index in [0.29, 0.717) is 13.0 Å². The first-order valence-corrected chi connectivity index (χ1v) is 14.8. The largest absolute Gasteiger partial charge is 0.461 e. The van der Waals surface area contributed by atoms with Gasteiger partial charge in [-0.1, -0.05) is 47.5 Å². The predicted molar refractivity (Wildman–Crippen MR) is 148 cm³/mol. The molecule has 1 unspecified atom stereocenters. The van der Waals surface area contributed by atoms with Crippen LogP contribution in [0.15, 0.2) is 0 Å². The molecule has 1 aliphatic heterocycles. The Morgan fingerprint density at radius 1 is 1.00 bits per heavy atom. The van der Waals surface area contributed by atoms with Crippen LogP contribution in [0.3, 0.4) is 0 Å². The number of ketones is 1. The SMILES string of the molecule is CC(C)(C)[C@H](NC(=O)NCC(=O)OC1CCCC1)C(=O)N1C[C@H]2[C@@H]([C@H]1C(=O)NC(CC1CC1)C(=O)C(N)=O)C2(C)C. The van der Waals surface area contributed by atoms with Gasteiger partial charge >= 0.3 is 12.0 Å². The molecule has 4 aliphatic rings. The molecule has 3 saturated carbocycles. The number of nitrogens with two attached hydrogens (primary N) is 1. The topological polar surface area (TPSA) is 177 Å². The van der Waals surface area contributed by atoms with Crippen molar-refractivity contribution < 1.29 is 33.5 Å². The van der Waals surface area contributed by atoms with E-state index in [9.17, 15) is 28.8 Å². The Morgan fingerprint density at radius 2 is 1.63 bits per heavy atom. The summed E-state index contributed by atoms with van der Waals surface area (Å²) >= 11 is 0. The Balaban J connectivity index is 1.44. The number of hydrogen-bond acceptors (Lipinski definition) is 7. The molecular formula is C29H45N5O7. The summed E-state index contributed by atoms with van der Waals surface area (Å²) in [5.74, 6) is -3.20. The van der Waals surface area contributed by atoms with Gasteiger partial charge in [0.05, 0.1) is 6.04 Å². The van der Waals surface area contributed by atoms with Crippen molar-refractivity contribution in [3.8, 4) is 0 Å². The molecule has 0 radical (unpaired) electrons. The maximum Gasteiger partial charge on any atom is 0.325 e. The molecular weight excluding hydrogens is 530 g/mol. The molecule has 0 aromatic carbocycles. The Hall–Kier alpha value is -3.18. The van der Waals surface area contributed by atoms with E-state index in [1.807, 2.05) is 13.8 Å². The minimum Gasteiger partial charge on any atom is -0.461 e. The summed E-state index contributed by atoms with van der Waals surface area (Å²) in [6, 6.07) is -3.58. The summed E-state index contributed by atoms with van der Waals surface area (Å²) in [7, 11) is 0. The molecule has 12 nitrogen and oxygen atoms in total. The minimum atomic E-state index is -1.10. The lowest BCUT2D eigenvalue weighted by molar-refractivity contribution is -0.147. The third kappa shape index (κ3) is 7.01. The second-order valence-corrected chi connectivity index (χ2v) is 13.9. The summed E-state index contributed by atoms with van der Waals surface area (Å²) in [6.45, 7) is 9.49. The molecule has 0 aromatic heterocycles. The van der Waals surface area contributed by atoms with Crippen molar-refractivity contribution in [2.75, 3.05) is 13.1 Å². The van der Waals surface area contributed by atoms with Crippen LogP contribution in [0.1, 0.15) is 79.6 Å². The van der Waals surface area contributed by atoms with Crippen molar-refractivity contribution in [2.45, 2.75) is 104 Å². The van der Waals surface area contributed by atoms with Crippen molar-refractivity contribution in [1.82, 2.24) is 20.9 Å². The fourth-order valence-electron chi connectivity index (χ4n) is 6.54. The van der Waals surface area contributed by atoms with E-state index in [2.05, 4.69) is 16.0 Å². The van der Waals surface area contributed by atoms with Crippen LogP contribution in [0.25, 0.3) is 0 Å². The van der Waals surface area contributed by atoms with Crippen LogP contribution < -0.4 is 21.7 Å². The maximum absolute atomic E-state index is 14.0. The van der Waals surface area contributed by atoms with E-state index in [1.54, 1.807) is 20.8 Å². The molecule has 5 N–H and O–H groups in total. The number of fused-ring (bicyclic) bond motifs is 1. The monoisotopic (exact) mass is 575 g/mol. The Morgan fingerprint density at radius 3 is 2.20 bits per heavy atom. The van der Waals surface area contributed by atoms with Crippen molar-refractivity contribution in [2.24, 2.45) is 34.3 Å². The molecule has 12 heteroatoms. The van der Waals surface area contributed by atoms with Gasteiger partial charge in [-0.15, -0.1) is 0 Å². The summed E-state index contributed by atoms with van der Waals surface area (Å²) in [6.07, 6.45) is 5.72. The van der Waals surface area contributed by atoms with E-state index in [4.69, 9.17) is 10.5 Å². The Bertz CT molecular complexity index is 1090. The molecule has 0 bridgehead atoms. The fourth-order valence-corrected chi connectivity index (χ4v) is 6.54. The van der Waals surface area contributed by atoms with Crippen molar-refractivity contribution in [3.05, 3.63) is 0 Å². The zero-order valence-electron chi connectivity index (χ0n) is 24.8. The van der Waals surface area contributed by atoms with Gasteiger partial charge in [0, 0.05) is 6.54 Å². The highest BCUT2D eigenvalue weighted by molar-refractivity contribution is 6.37. The lowest BCUT2D eigenvalue weighted by Gasteiger charge is -2.37. The van der Waals surface area contributed by atoms with Gasteiger partial charge in [-0.2, -0.15) is 0 Å². The number of rotatable bonds is 11. The van der Waals surface area contributed by atoms with Gasteiger partial charge in [0.2, 0.25) is 17.6 Å². The first-order valence-electron chi connectivity index (χ1n) is 14.8. The van der Waals surface area contributed by atoms with Gasteiger partial charge in [0.1, 0.15) is 24.7 Å². The number of piperidine rings is 1. The average Bonchev–Trinajstić information content (AvgIpc) is 3.59. The number of Topliss-reactive ketones (excluding diaryl/α,β-unsaturated/α-hetero) is 1. The normalized spacial score (nSPS) is 26.4. The Labute approximate surface area is 241 Å². The van der Waals surface area contributed by atoms with Crippen LogP contribution in [0.5, 0.6) is 0 Å². The predicted octanol–water partition coefficient (Wildman–Crippen LogP) is 1.01.